The summed E-state index contributed by atoms with van der Waals surface area (Å²) in [6.45, 7) is 8.24. The Balaban J connectivity index is 1.51. The second-order valence-corrected chi connectivity index (χ2v) is 7.41. The van der Waals surface area contributed by atoms with Crippen molar-refractivity contribution in [2.24, 2.45) is 7.05 Å². The molecule has 1 aliphatic heterocycles. The molecule has 1 saturated heterocycles. The molecule has 1 amide bonds. The van der Waals surface area contributed by atoms with Crippen molar-refractivity contribution in [3.63, 3.8) is 0 Å². The van der Waals surface area contributed by atoms with Gasteiger partial charge in [-0.2, -0.15) is 5.10 Å². The fourth-order valence-corrected chi connectivity index (χ4v) is 3.80. The number of aromatic nitrogens is 2. The number of halogens is 1. The molecule has 0 aliphatic carbocycles. The molecule has 0 unspecified atom stereocenters. The highest BCUT2D eigenvalue weighted by Gasteiger charge is 2.20. The van der Waals surface area contributed by atoms with Gasteiger partial charge in [0.15, 0.2) is 0 Å². The van der Waals surface area contributed by atoms with E-state index in [0.29, 0.717) is 6.42 Å². The first-order valence-corrected chi connectivity index (χ1v) is 9.67. The third kappa shape index (κ3) is 4.95. The van der Waals surface area contributed by atoms with E-state index in [1.54, 1.807) is 0 Å². The Bertz CT molecular complexity index is 784. The lowest BCUT2D eigenvalue weighted by Crippen LogP contribution is -2.35. The summed E-state index contributed by atoms with van der Waals surface area (Å²) in [5.74, 6) is 0.0202. The van der Waals surface area contributed by atoms with Crippen molar-refractivity contribution in [3.05, 3.63) is 52.6 Å². The van der Waals surface area contributed by atoms with Gasteiger partial charge in [0.05, 0.1) is 5.69 Å². The van der Waals surface area contributed by atoms with Gasteiger partial charge in [0.2, 0.25) is 5.91 Å². The van der Waals surface area contributed by atoms with Gasteiger partial charge in [-0.15, -0.1) is 0 Å². The molecule has 146 valence electrons. The molecule has 27 heavy (non-hydrogen) atoms. The number of aryl methyl sites for hydroxylation is 2. The van der Waals surface area contributed by atoms with Crippen LogP contribution in [0.25, 0.3) is 0 Å². The van der Waals surface area contributed by atoms with Crippen molar-refractivity contribution in [2.45, 2.75) is 39.7 Å². The van der Waals surface area contributed by atoms with Crippen molar-refractivity contribution in [1.82, 2.24) is 19.6 Å². The van der Waals surface area contributed by atoms with Crippen LogP contribution < -0.4 is 0 Å². The van der Waals surface area contributed by atoms with Crippen LogP contribution in [0.5, 0.6) is 0 Å². The van der Waals surface area contributed by atoms with E-state index in [0.717, 1.165) is 62.5 Å². The highest BCUT2D eigenvalue weighted by molar-refractivity contribution is 5.76. The van der Waals surface area contributed by atoms with E-state index in [4.69, 9.17) is 0 Å². The summed E-state index contributed by atoms with van der Waals surface area (Å²) < 4.78 is 14.9. The first-order valence-electron chi connectivity index (χ1n) is 9.67. The van der Waals surface area contributed by atoms with Crippen LogP contribution in [-0.2, 0) is 24.8 Å². The average Bonchev–Trinajstić information content (AvgIpc) is 2.81. The van der Waals surface area contributed by atoms with Gasteiger partial charge in [0.25, 0.3) is 0 Å². The van der Waals surface area contributed by atoms with E-state index in [9.17, 15) is 9.18 Å². The molecule has 0 bridgehead atoms. The number of hydrogen-bond acceptors (Lipinski definition) is 3. The van der Waals surface area contributed by atoms with Crippen LogP contribution in [-0.4, -0.2) is 51.7 Å². The molecule has 2 aromatic rings. The van der Waals surface area contributed by atoms with Gasteiger partial charge < -0.3 is 4.90 Å². The molecule has 0 radical (unpaired) electrons. The second kappa shape index (κ2) is 8.65. The van der Waals surface area contributed by atoms with Crippen molar-refractivity contribution < 1.29 is 9.18 Å². The summed E-state index contributed by atoms with van der Waals surface area (Å²) in [7, 11) is 1.94. The van der Waals surface area contributed by atoms with Crippen LogP contribution in [0, 0.1) is 19.7 Å². The Hall–Kier alpha value is -2.21. The number of nitrogens with zero attached hydrogens (tertiary/aromatic N) is 4. The molecular formula is C21H29FN4O. The van der Waals surface area contributed by atoms with Crippen LogP contribution in [0.2, 0.25) is 0 Å². The van der Waals surface area contributed by atoms with Crippen molar-refractivity contribution >= 4 is 5.91 Å². The zero-order chi connectivity index (χ0) is 19.4. The van der Waals surface area contributed by atoms with Gasteiger partial charge in [-0.1, -0.05) is 12.1 Å². The lowest BCUT2D eigenvalue weighted by atomic mass is 10.1. The van der Waals surface area contributed by atoms with E-state index in [-0.39, 0.29) is 11.7 Å². The van der Waals surface area contributed by atoms with Gasteiger partial charge in [-0.25, -0.2) is 4.39 Å². The fourth-order valence-electron chi connectivity index (χ4n) is 3.80. The van der Waals surface area contributed by atoms with Crippen molar-refractivity contribution in [1.29, 1.82) is 0 Å². The molecule has 1 fully saturated rings. The average molecular weight is 372 g/mol. The SMILES string of the molecule is Cc1nn(C)c(C)c1CCC(=O)N1CCCN(Cc2ccc(F)cc2)CC1. The number of carbonyl (C=O) groups excluding carboxylic acids is 1. The molecule has 0 atom stereocenters. The summed E-state index contributed by atoms with van der Waals surface area (Å²) in [5, 5.41) is 4.43. The molecule has 0 spiro atoms. The quantitative estimate of drug-likeness (QED) is 0.810. The van der Waals surface area contributed by atoms with E-state index >= 15 is 0 Å². The molecule has 1 aromatic heterocycles. The Morgan fingerprint density at radius 3 is 2.52 bits per heavy atom. The topological polar surface area (TPSA) is 41.4 Å². The molecule has 6 heteroatoms. The maximum Gasteiger partial charge on any atom is 0.222 e. The van der Waals surface area contributed by atoms with Crippen molar-refractivity contribution in [2.75, 3.05) is 26.2 Å². The van der Waals surface area contributed by atoms with Gasteiger partial charge >= 0.3 is 0 Å². The zero-order valence-electron chi connectivity index (χ0n) is 16.5. The van der Waals surface area contributed by atoms with E-state index in [2.05, 4.69) is 16.9 Å². The predicted octanol–water partition coefficient (Wildman–Crippen LogP) is 2.84. The smallest absolute Gasteiger partial charge is 0.222 e. The number of hydrogen-bond donors (Lipinski definition) is 0. The van der Waals surface area contributed by atoms with Crippen LogP contribution in [0.3, 0.4) is 0 Å². The van der Waals surface area contributed by atoms with Gasteiger partial charge in [-0.3, -0.25) is 14.4 Å². The minimum Gasteiger partial charge on any atom is -0.341 e. The molecule has 1 aliphatic rings. The van der Waals surface area contributed by atoms with E-state index in [1.807, 2.05) is 35.7 Å². The predicted molar refractivity (Wildman–Crippen MR) is 104 cm³/mol. The van der Waals surface area contributed by atoms with Gasteiger partial charge in [0.1, 0.15) is 5.82 Å². The number of benzene rings is 1. The third-order valence-corrected chi connectivity index (χ3v) is 5.51. The van der Waals surface area contributed by atoms with E-state index < -0.39 is 0 Å². The van der Waals surface area contributed by atoms with Gasteiger partial charge in [0, 0.05) is 51.9 Å². The molecule has 5 nitrogen and oxygen atoms in total. The first kappa shape index (κ1) is 19.5. The van der Waals surface area contributed by atoms with Gasteiger partial charge in [-0.05, 0) is 49.9 Å². The first-order chi connectivity index (χ1) is 12.9. The normalized spacial score (nSPS) is 15.8. The highest BCUT2D eigenvalue weighted by Crippen LogP contribution is 2.16. The summed E-state index contributed by atoms with van der Waals surface area (Å²) in [5.41, 5.74) is 4.46. The standard InChI is InChI=1S/C21H29FN4O/c1-16-20(17(2)24(3)23-16)9-10-21(27)26-12-4-11-25(13-14-26)15-18-5-7-19(22)8-6-18/h5-8H,4,9-15H2,1-3H3. The maximum absolute atomic E-state index is 13.1. The summed E-state index contributed by atoms with van der Waals surface area (Å²) in [6.07, 6.45) is 2.25. The number of carbonyl (C=O) groups is 1. The summed E-state index contributed by atoms with van der Waals surface area (Å²) >= 11 is 0. The number of rotatable bonds is 5. The monoisotopic (exact) mass is 372 g/mol. The Morgan fingerprint density at radius 1 is 1.11 bits per heavy atom. The number of amides is 1. The second-order valence-electron chi connectivity index (χ2n) is 7.41. The lowest BCUT2D eigenvalue weighted by Gasteiger charge is -2.22. The molecule has 1 aromatic carbocycles. The molecule has 2 heterocycles. The molecule has 3 rings (SSSR count). The van der Waals surface area contributed by atoms with Crippen molar-refractivity contribution in [3.8, 4) is 0 Å². The zero-order valence-corrected chi connectivity index (χ0v) is 16.5. The minimum atomic E-state index is -0.203. The third-order valence-electron chi connectivity index (χ3n) is 5.51. The molecule has 0 N–H and O–H groups in total. The lowest BCUT2D eigenvalue weighted by molar-refractivity contribution is -0.131. The minimum absolute atomic E-state index is 0.203. The Morgan fingerprint density at radius 2 is 1.85 bits per heavy atom. The maximum atomic E-state index is 13.1. The molecule has 0 saturated carbocycles. The van der Waals surface area contributed by atoms with E-state index in [1.165, 1.54) is 17.7 Å². The Labute approximate surface area is 160 Å². The molecular weight excluding hydrogens is 343 g/mol. The van der Waals surface area contributed by atoms with Crippen LogP contribution >= 0.6 is 0 Å². The Kier molecular flexibility index (Phi) is 6.26. The highest BCUT2D eigenvalue weighted by atomic mass is 19.1. The van der Waals surface area contributed by atoms with Crippen LogP contribution in [0.15, 0.2) is 24.3 Å². The summed E-state index contributed by atoms with van der Waals surface area (Å²) in [4.78, 5) is 17.0. The fraction of sp³-hybridized carbons (Fsp3) is 0.524. The van der Waals surface area contributed by atoms with Crippen LogP contribution in [0.4, 0.5) is 4.39 Å². The van der Waals surface area contributed by atoms with Crippen LogP contribution in [0.1, 0.15) is 35.4 Å². The summed E-state index contributed by atoms with van der Waals surface area (Å²) in [6, 6.07) is 6.68. The largest absolute Gasteiger partial charge is 0.341 e.